The fraction of sp³-hybridized carbons (Fsp3) is 0.625. The molecule has 0 heterocycles. The molecule has 0 aliphatic carbocycles. The fourth-order valence-corrected chi connectivity index (χ4v) is 0.226. The summed E-state index contributed by atoms with van der Waals surface area (Å²) in [5.41, 5.74) is 0. The topological polar surface area (TPSA) is 29.5 Å². The summed E-state index contributed by atoms with van der Waals surface area (Å²) in [6, 6.07) is 0. The number of hydrogen-bond acceptors (Lipinski definition) is 2. The Labute approximate surface area is 68.6 Å². The zero-order chi connectivity index (χ0) is 9.28. The van der Waals surface area contributed by atoms with Crippen LogP contribution in [0.4, 0.5) is 0 Å². The molecule has 3 heteroatoms. The molecule has 0 aromatic rings. The average molecular weight is 159 g/mol. The summed E-state index contributed by atoms with van der Waals surface area (Å²) in [7, 11) is 1.56. The Kier molecular flexibility index (Phi) is 10.4. The lowest BCUT2D eigenvalue weighted by molar-refractivity contribution is -0.158. The van der Waals surface area contributed by atoms with Crippen LogP contribution in [-0.4, -0.2) is 18.0 Å². The molecule has 1 amide bonds. The molecule has 66 valence electrons. The van der Waals surface area contributed by atoms with Gasteiger partial charge >= 0.3 is 0 Å². The van der Waals surface area contributed by atoms with Gasteiger partial charge in [-0.3, -0.25) is 4.79 Å². The van der Waals surface area contributed by atoms with Crippen molar-refractivity contribution in [1.82, 2.24) is 5.06 Å². The lowest BCUT2D eigenvalue weighted by Gasteiger charge is -2.10. The van der Waals surface area contributed by atoms with Gasteiger partial charge in [0.2, 0.25) is 0 Å². The van der Waals surface area contributed by atoms with Crippen molar-refractivity contribution in [2.75, 3.05) is 7.05 Å². The minimum atomic E-state index is -0.117. The summed E-state index contributed by atoms with van der Waals surface area (Å²) in [5.74, 6) is -0.117. The van der Waals surface area contributed by atoms with Gasteiger partial charge in [0, 0.05) is 14.0 Å². The molecule has 0 rings (SSSR count). The number of hydrogen-bond donors (Lipinski definition) is 0. The summed E-state index contributed by atoms with van der Waals surface area (Å²) < 4.78 is 0. The highest BCUT2D eigenvalue weighted by Crippen LogP contribution is 1.85. The molecule has 3 nitrogen and oxygen atoms in total. The van der Waals surface area contributed by atoms with Crippen molar-refractivity contribution in [3.05, 3.63) is 12.3 Å². The van der Waals surface area contributed by atoms with E-state index in [1.54, 1.807) is 13.1 Å². The van der Waals surface area contributed by atoms with Gasteiger partial charge in [-0.1, -0.05) is 13.8 Å². The maximum absolute atomic E-state index is 10.4. The lowest BCUT2D eigenvalue weighted by Crippen LogP contribution is -2.21. The van der Waals surface area contributed by atoms with Crippen LogP contribution in [0.15, 0.2) is 12.3 Å². The SMILES string of the molecule is C/C=C\ON(C)C(C)=O.CC. The van der Waals surface area contributed by atoms with Gasteiger partial charge in [0.1, 0.15) is 6.26 Å². The fourth-order valence-electron chi connectivity index (χ4n) is 0.226. The first kappa shape index (κ1) is 12.7. The number of amides is 1. The molecule has 0 aromatic carbocycles. The van der Waals surface area contributed by atoms with Crippen molar-refractivity contribution in [2.24, 2.45) is 0 Å². The minimum Gasteiger partial charge on any atom is -0.385 e. The molecule has 0 unspecified atom stereocenters. The lowest BCUT2D eigenvalue weighted by atomic mass is 10.7. The standard InChI is InChI=1S/C6H11NO2.C2H6/c1-4-5-9-7(3)6(2)8;1-2/h4-5H,1-3H3;1-2H3/b5-4-;. The highest BCUT2D eigenvalue weighted by molar-refractivity contribution is 5.71. The van der Waals surface area contributed by atoms with Gasteiger partial charge in [0.15, 0.2) is 0 Å². The largest absolute Gasteiger partial charge is 0.385 e. The van der Waals surface area contributed by atoms with E-state index in [-0.39, 0.29) is 5.91 Å². The number of nitrogens with zero attached hydrogens (tertiary/aromatic N) is 1. The molecule has 0 aliphatic rings. The Hall–Kier alpha value is -0.990. The number of carbonyl (C=O) groups excluding carboxylic acids is 1. The van der Waals surface area contributed by atoms with E-state index in [4.69, 9.17) is 4.84 Å². The monoisotopic (exact) mass is 159 g/mol. The first-order chi connectivity index (χ1) is 5.18. The Morgan fingerprint density at radius 1 is 1.45 bits per heavy atom. The molecule has 0 aliphatic heterocycles. The molecule has 0 fully saturated rings. The maximum atomic E-state index is 10.4. The quantitative estimate of drug-likeness (QED) is 0.455. The molecule has 0 saturated carbocycles. The summed E-state index contributed by atoms with van der Waals surface area (Å²) >= 11 is 0. The van der Waals surface area contributed by atoms with E-state index in [9.17, 15) is 4.79 Å². The normalized spacial score (nSPS) is 8.45. The van der Waals surface area contributed by atoms with Crippen molar-refractivity contribution in [3.63, 3.8) is 0 Å². The van der Waals surface area contributed by atoms with E-state index in [0.29, 0.717) is 0 Å². The summed E-state index contributed by atoms with van der Waals surface area (Å²) in [5, 5.41) is 1.15. The van der Waals surface area contributed by atoms with Crippen molar-refractivity contribution < 1.29 is 9.63 Å². The number of carbonyl (C=O) groups is 1. The van der Waals surface area contributed by atoms with Crippen LogP contribution >= 0.6 is 0 Å². The molecular weight excluding hydrogens is 142 g/mol. The van der Waals surface area contributed by atoms with Crippen LogP contribution in [0.25, 0.3) is 0 Å². The Bertz CT molecular complexity index is 121. The summed E-state index contributed by atoms with van der Waals surface area (Å²) in [6.45, 7) is 7.25. The molecule has 0 bridgehead atoms. The molecule has 0 spiro atoms. The summed E-state index contributed by atoms with van der Waals surface area (Å²) in [6.07, 6.45) is 3.15. The van der Waals surface area contributed by atoms with E-state index in [2.05, 4.69) is 0 Å². The second-order valence-electron chi connectivity index (χ2n) is 1.59. The van der Waals surface area contributed by atoms with E-state index < -0.39 is 0 Å². The maximum Gasteiger partial charge on any atom is 0.251 e. The number of allylic oxidation sites excluding steroid dienone is 1. The van der Waals surface area contributed by atoms with Crippen molar-refractivity contribution in [3.8, 4) is 0 Å². The van der Waals surface area contributed by atoms with Gasteiger partial charge in [-0.15, -0.1) is 0 Å². The van der Waals surface area contributed by atoms with Crippen molar-refractivity contribution >= 4 is 5.91 Å². The van der Waals surface area contributed by atoms with Gasteiger partial charge < -0.3 is 4.84 Å². The van der Waals surface area contributed by atoms with Crippen LogP contribution in [0.3, 0.4) is 0 Å². The smallest absolute Gasteiger partial charge is 0.251 e. The average Bonchev–Trinajstić information content (AvgIpc) is 2.03. The zero-order valence-electron chi connectivity index (χ0n) is 7.92. The van der Waals surface area contributed by atoms with E-state index in [0.717, 1.165) is 5.06 Å². The molecule has 0 radical (unpaired) electrons. The second-order valence-corrected chi connectivity index (χ2v) is 1.59. The highest BCUT2D eigenvalue weighted by Gasteiger charge is 1.97. The van der Waals surface area contributed by atoms with Crippen LogP contribution in [-0.2, 0) is 9.63 Å². The number of hydroxylamine groups is 2. The third-order valence-electron chi connectivity index (χ3n) is 0.799. The van der Waals surface area contributed by atoms with Crippen molar-refractivity contribution in [2.45, 2.75) is 27.7 Å². The van der Waals surface area contributed by atoms with Gasteiger partial charge in [0.25, 0.3) is 5.91 Å². The van der Waals surface area contributed by atoms with Gasteiger partial charge in [-0.05, 0) is 13.0 Å². The minimum absolute atomic E-state index is 0.117. The molecular formula is C8H17NO2. The zero-order valence-corrected chi connectivity index (χ0v) is 7.92. The van der Waals surface area contributed by atoms with E-state index in [1.807, 2.05) is 20.8 Å². The first-order valence-electron chi connectivity index (χ1n) is 3.70. The third kappa shape index (κ3) is 9.01. The predicted molar refractivity (Wildman–Crippen MR) is 45.7 cm³/mol. The van der Waals surface area contributed by atoms with Crippen LogP contribution in [0.2, 0.25) is 0 Å². The Balaban J connectivity index is 0. The second kappa shape index (κ2) is 9.01. The molecule has 0 atom stereocenters. The van der Waals surface area contributed by atoms with Gasteiger partial charge in [-0.2, -0.15) is 5.06 Å². The van der Waals surface area contributed by atoms with Crippen molar-refractivity contribution in [1.29, 1.82) is 0 Å². The first-order valence-corrected chi connectivity index (χ1v) is 3.70. The molecule has 0 N–H and O–H groups in total. The van der Waals surface area contributed by atoms with Crippen LogP contribution in [0, 0.1) is 0 Å². The molecule has 0 aromatic heterocycles. The van der Waals surface area contributed by atoms with Crippen LogP contribution in [0.1, 0.15) is 27.7 Å². The summed E-state index contributed by atoms with van der Waals surface area (Å²) in [4.78, 5) is 15.2. The Morgan fingerprint density at radius 2 is 1.91 bits per heavy atom. The molecule has 11 heavy (non-hydrogen) atoms. The van der Waals surface area contributed by atoms with Crippen LogP contribution in [0.5, 0.6) is 0 Å². The van der Waals surface area contributed by atoms with E-state index >= 15 is 0 Å². The highest BCUT2D eigenvalue weighted by atomic mass is 16.7. The third-order valence-corrected chi connectivity index (χ3v) is 0.799. The number of rotatable bonds is 2. The van der Waals surface area contributed by atoms with Crippen LogP contribution < -0.4 is 0 Å². The Morgan fingerprint density at radius 3 is 2.18 bits per heavy atom. The molecule has 0 saturated heterocycles. The van der Waals surface area contributed by atoms with Gasteiger partial charge in [-0.25, -0.2) is 0 Å². The van der Waals surface area contributed by atoms with Gasteiger partial charge in [0.05, 0.1) is 0 Å². The van der Waals surface area contributed by atoms with E-state index in [1.165, 1.54) is 13.2 Å². The predicted octanol–water partition coefficient (Wildman–Crippen LogP) is 1.96.